The fraction of sp³-hybridized carbons (Fsp3) is 0.381. The Balaban J connectivity index is 1.68. The van der Waals surface area contributed by atoms with Crippen molar-refractivity contribution in [2.75, 3.05) is 26.7 Å². The summed E-state index contributed by atoms with van der Waals surface area (Å²) in [6.07, 6.45) is 1.74. The topological polar surface area (TPSA) is 75.7 Å². The zero-order valence-electron chi connectivity index (χ0n) is 16.0. The molecule has 0 radical (unpaired) electrons. The molecule has 1 N–H and O–H groups in total. The molecule has 1 aliphatic rings. The molecule has 1 saturated heterocycles. The summed E-state index contributed by atoms with van der Waals surface area (Å²) in [4.78, 5) is 13.8. The fourth-order valence-electron chi connectivity index (χ4n) is 3.23. The second-order valence-corrected chi connectivity index (χ2v) is 8.89. The maximum Gasteiger partial charge on any atom is 0.337 e. The number of sulfonamides is 1. The number of nitrogens with one attached hydrogen (secondary N) is 1. The average molecular weight is 403 g/mol. The Bertz CT molecular complexity index is 878. The Morgan fingerprint density at radius 2 is 1.79 bits per heavy atom. The Morgan fingerprint density at radius 1 is 1.11 bits per heavy atom. The van der Waals surface area contributed by atoms with Gasteiger partial charge in [0.1, 0.15) is 5.25 Å². The minimum absolute atomic E-state index is 0.177. The van der Waals surface area contributed by atoms with Gasteiger partial charge in [-0.3, -0.25) is 0 Å². The predicted molar refractivity (Wildman–Crippen MR) is 108 cm³/mol. The minimum atomic E-state index is -3.55. The molecule has 1 aliphatic heterocycles. The van der Waals surface area contributed by atoms with Crippen LogP contribution in [0.3, 0.4) is 0 Å². The maximum atomic E-state index is 13.0. The standard InChI is InChI=1S/C21H26N2O4S/c1-27-21(24)19-10-8-17(9-11-19)16-22-28(25,26)20(12-15-23-13-5-14-23)18-6-3-2-4-7-18/h2-4,6-11,20,22H,5,12-16H2,1H3. The normalized spacial score (nSPS) is 15.6. The van der Waals surface area contributed by atoms with Gasteiger partial charge in [-0.2, -0.15) is 0 Å². The quantitative estimate of drug-likeness (QED) is 0.653. The van der Waals surface area contributed by atoms with Crippen LogP contribution >= 0.6 is 0 Å². The second kappa shape index (κ2) is 9.32. The first-order valence-electron chi connectivity index (χ1n) is 9.42. The molecule has 0 bridgehead atoms. The van der Waals surface area contributed by atoms with Crippen LogP contribution in [-0.2, 0) is 21.3 Å². The first-order valence-corrected chi connectivity index (χ1v) is 11.0. The molecular weight excluding hydrogens is 376 g/mol. The minimum Gasteiger partial charge on any atom is -0.465 e. The predicted octanol–water partition coefficient (Wildman–Crippen LogP) is 2.73. The van der Waals surface area contributed by atoms with Crippen molar-refractivity contribution in [1.29, 1.82) is 0 Å². The highest BCUT2D eigenvalue weighted by Crippen LogP contribution is 2.26. The van der Waals surface area contributed by atoms with Crippen LogP contribution in [0.15, 0.2) is 54.6 Å². The lowest BCUT2D eigenvalue weighted by atomic mass is 10.1. The van der Waals surface area contributed by atoms with E-state index < -0.39 is 21.2 Å². The third-order valence-electron chi connectivity index (χ3n) is 5.05. The largest absolute Gasteiger partial charge is 0.465 e. The molecule has 150 valence electrons. The van der Waals surface area contributed by atoms with Crippen molar-refractivity contribution < 1.29 is 17.9 Å². The lowest BCUT2D eigenvalue weighted by Gasteiger charge is -2.32. The Morgan fingerprint density at radius 3 is 2.36 bits per heavy atom. The monoisotopic (exact) mass is 402 g/mol. The fourth-order valence-corrected chi connectivity index (χ4v) is 4.74. The smallest absolute Gasteiger partial charge is 0.337 e. The van der Waals surface area contributed by atoms with Gasteiger partial charge in [-0.05, 0) is 55.7 Å². The van der Waals surface area contributed by atoms with E-state index in [0.717, 1.165) is 30.8 Å². The third-order valence-corrected chi connectivity index (χ3v) is 6.86. The summed E-state index contributed by atoms with van der Waals surface area (Å²) in [5, 5.41) is -0.594. The molecule has 0 aliphatic carbocycles. The number of hydrogen-bond acceptors (Lipinski definition) is 5. The van der Waals surface area contributed by atoms with Gasteiger partial charge in [-0.1, -0.05) is 42.5 Å². The number of likely N-dealkylation sites (tertiary alicyclic amines) is 1. The van der Waals surface area contributed by atoms with Gasteiger partial charge < -0.3 is 9.64 Å². The van der Waals surface area contributed by atoms with E-state index in [0.29, 0.717) is 12.0 Å². The molecule has 2 aromatic carbocycles. The van der Waals surface area contributed by atoms with Gasteiger partial charge in [0.05, 0.1) is 12.7 Å². The summed E-state index contributed by atoms with van der Waals surface area (Å²) < 4.78 is 33.5. The zero-order chi connectivity index (χ0) is 20.0. The van der Waals surface area contributed by atoms with E-state index in [2.05, 4.69) is 14.4 Å². The molecule has 28 heavy (non-hydrogen) atoms. The molecule has 0 saturated carbocycles. The molecule has 3 rings (SSSR count). The number of carbonyl (C=O) groups is 1. The molecule has 2 aromatic rings. The molecule has 1 heterocycles. The van der Waals surface area contributed by atoms with E-state index in [4.69, 9.17) is 0 Å². The number of benzene rings is 2. The number of carbonyl (C=O) groups excluding carboxylic acids is 1. The summed E-state index contributed by atoms with van der Waals surface area (Å²) >= 11 is 0. The molecule has 1 atom stereocenters. The van der Waals surface area contributed by atoms with Crippen molar-refractivity contribution in [1.82, 2.24) is 9.62 Å². The van der Waals surface area contributed by atoms with E-state index in [1.54, 1.807) is 24.3 Å². The van der Waals surface area contributed by atoms with E-state index in [9.17, 15) is 13.2 Å². The van der Waals surface area contributed by atoms with E-state index in [1.807, 2.05) is 30.3 Å². The lowest BCUT2D eigenvalue weighted by molar-refractivity contribution is 0.0600. The number of esters is 1. The van der Waals surface area contributed by atoms with Crippen molar-refractivity contribution in [3.8, 4) is 0 Å². The molecule has 0 aromatic heterocycles. The van der Waals surface area contributed by atoms with Crippen LogP contribution in [0.25, 0.3) is 0 Å². The third kappa shape index (κ3) is 5.19. The number of ether oxygens (including phenoxy) is 1. The van der Waals surface area contributed by atoms with Crippen molar-refractivity contribution in [3.05, 3.63) is 71.3 Å². The Kier molecular flexibility index (Phi) is 6.83. The molecule has 7 heteroatoms. The van der Waals surface area contributed by atoms with E-state index in [1.165, 1.54) is 13.5 Å². The van der Waals surface area contributed by atoms with Crippen molar-refractivity contribution in [2.45, 2.75) is 24.6 Å². The molecule has 1 fully saturated rings. The van der Waals surface area contributed by atoms with Crippen LogP contribution in [0.1, 0.15) is 39.6 Å². The van der Waals surface area contributed by atoms with E-state index >= 15 is 0 Å². The summed E-state index contributed by atoms with van der Waals surface area (Å²) in [7, 11) is -2.23. The van der Waals surface area contributed by atoms with Crippen LogP contribution in [0.2, 0.25) is 0 Å². The Hall–Kier alpha value is -2.22. The first-order chi connectivity index (χ1) is 13.5. The van der Waals surface area contributed by atoms with Gasteiger partial charge in [0.2, 0.25) is 10.0 Å². The number of methoxy groups -OCH3 is 1. The number of hydrogen-bond donors (Lipinski definition) is 1. The van der Waals surface area contributed by atoms with Crippen LogP contribution in [0.5, 0.6) is 0 Å². The van der Waals surface area contributed by atoms with Crippen LogP contribution in [-0.4, -0.2) is 46.0 Å². The summed E-state index contributed by atoms with van der Waals surface area (Å²) in [5.74, 6) is -0.415. The zero-order valence-corrected chi connectivity index (χ0v) is 16.8. The van der Waals surface area contributed by atoms with E-state index in [-0.39, 0.29) is 6.54 Å². The van der Waals surface area contributed by atoms with Gasteiger partial charge in [0.15, 0.2) is 0 Å². The van der Waals surface area contributed by atoms with Gasteiger partial charge in [-0.25, -0.2) is 17.9 Å². The van der Waals surface area contributed by atoms with Gasteiger partial charge >= 0.3 is 5.97 Å². The summed E-state index contributed by atoms with van der Waals surface area (Å²) in [5.41, 5.74) is 2.02. The first kappa shape index (κ1) is 20.5. The average Bonchev–Trinajstić information content (AvgIpc) is 2.68. The van der Waals surface area contributed by atoms with Gasteiger partial charge in [0, 0.05) is 6.54 Å². The second-order valence-electron chi connectivity index (χ2n) is 6.94. The van der Waals surface area contributed by atoms with Crippen LogP contribution < -0.4 is 4.72 Å². The van der Waals surface area contributed by atoms with Crippen molar-refractivity contribution >= 4 is 16.0 Å². The highest BCUT2D eigenvalue weighted by Gasteiger charge is 2.28. The summed E-state index contributed by atoms with van der Waals surface area (Å²) in [6, 6.07) is 16.1. The highest BCUT2D eigenvalue weighted by atomic mass is 32.2. The number of rotatable bonds is 9. The van der Waals surface area contributed by atoms with Crippen molar-refractivity contribution in [2.24, 2.45) is 0 Å². The molecule has 0 spiro atoms. The van der Waals surface area contributed by atoms with Crippen molar-refractivity contribution in [3.63, 3.8) is 0 Å². The molecule has 1 unspecified atom stereocenters. The lowest BCUT2D eigenvalue weighted by Crippen LogP contribution is -2.39. The summed E-state index contributed by atoms with van der Waals surface area (Å²) in [6.45, 7) is 3.04. The van der Waals surface area contributed by atoms with Gasteiger partial charge in [-0.15, -0.1) is 0 Å². The number of nitrogens with zero attached hydrogens (tertiary/aromatic N) is 1. The van der Waals surface area contributed by atoms with Gasteiger partial charge in [0.25, 0.3) is 0 Å². The molecule has 0 amide bonds. The van der Waals surface area contributed by atoms with Crippen LogP contribution in [0.4, 0.5) is 0 Å². The Labute approximate surface area is 166 Å². The molecular formula is C21H26N2O4S. The SMILES string of the molecule is COC(=O)c1ccc(CNS(=O)(=O)C(CCN2CCC2)c2ccccc2)cc1. The maximum absolute atomic E-state index is 13.0. The van der Waals surface area contributed by atoms with Crippen LogP contribution in [0, 0.1) is 0 Å². The molecule has 6 nitrogen and oxygen atoms in total. The highest BCUT2D eigenvalue weighted by molar-refractivity contribution is 7.89.